The number of aliphatic hydroxyl groups excluding tert-OH is 1. The third kappa shape index (κ3) is 3.48. The Morgan fingerprint density at radius 1 is 1.41 bits per heavy atom. The molecule has 1 atom stereocenters. The van der Waals surface area contributed by atoms with Crippen molar-refractivity contribution >= 4 is 16.9 Å². The van der Waals surface area contributed by atoms with E-state index >= 15 is 0 Å². The van der Waals surface area contributed by atoms with Crippen molar-refractivity contribution in [2.24, 2.45) is 0 Å². The lowest BCUT2D eigenvalue weighted by Gasteiger charge is -2.29. The van der Waals surface area contributed by atoms with Gasteiger partial charge >= 0.3 is 0 Å². The molecule has 118 valence electrons. The molecule has 1 unspecified atom stereocenters. The maximum Gasteiger partial charge on any atom is 0.234 e. The molecule has 0 bridgehead atoms. The van der Waals surface area contributed by atoms with Crippen molar-refractivity contribution in [2.75, 3.05) is 19.6 Å². The van der Waals surface area contributed by atoms with Crippen molar-refractivity contribution in [3.8, 4) is 0 Å². The average Bonchev–Trinajstić information content (AvgIpc) is 2.93. The van der Waals surface area contributed by atoms with E-state index in [0.29, 0.717) is 6.54 Å². The van der Waals surface area contributed by atoms with Crippen LogP contribution in [0.4, 0.5) is 0 Å². The first-order valence-corrected chi connectivity index (χ1v) is 7.80. The summed E-state index contributed by atoms with van der Waals surface area (Å²) >= 11 is 0. The highest BCUT2D eigenvalue weighted by Crippen LogP contribution is 2.23. The molecule has 2 heterocycles. The van der Waals surface area contributed by atoms with Gasteiger partial charge in [0.05, 0.1) is 18.7 Å². The summed E-state index contributed by atoms with van der Waals surface area (Å²) in [7, 11) is 0. The lowest BCUT2D eigenvalue weighted by atomic mass is 10.1. The summed E-state index contributed by atoms with van der Waals surface area (Å²) in [6.45, 7) is 3.84. The van der Waals surface area contributed by atoms with Gasteiger partial charge in [-0.2, -0.15) is 0 Å². The number of para-hydroxylation sites is 1. The number of nitrogens with one attached hydrogen (secondary N) is 1. The van der Waals surface area contributed by atoms with Gasteiger partial charge in [0.25, 0.3) is 0 Å². The molecule has 0 saturated carbocycles. The average molecular weight is 302 g/mol. The number of furan rings is 1. The van der Waals surface area contributed by atoms with Crippen LogP contribution in [0.15, 0.2) is 34.7 Å². The smallest absolute Gasteiger partial charge is 0.234 e. The highest BCUT2D eigenvalue weighted by atomic mass is 16.3. The standard InChI is InChI=1S/C17H22N2O3/c1-12(16-10-13-4-2-3-5-15(13)22-16)18-17(21)11-19-8-6-14(20)7-9-19/h2-5,10,12,14,20H,6-9,11H2,1H3,(H,18,21). The second kappa shape index (κ2) is 6.50. The Bertz CT molecular complexity index is 611. The third-order valence-corrected chi connectivity index (χ3v) is 4.17. The number of carbonyl (C=O) groups is 1. The topological polar surface area (TPSA) is 65.7 Å². The van der Waals surface area contributed by atoms with Crippen molar-refractivity contribution in [2.45, 2.75) is 31.9 Å². The van der Waals surface area contributed by atoms with E-state index in [-0.39, 0.29) is 18.1 Å². The minimum atomic E-state index is -0.214. The first-order chi connectivity index (χ1) is 10.6. The summed E-state index contributed by atoms with van der Waals surface area (Å²) in [6.07, 6.45) is 1.27. The van der Waals surface area contributed by atoms with Crippen molar-refractivity contribution in [1.82, 2.24) is 10.2 Å². The largest absolute Gasteiger partial charge is 0.459 e. The number of hydrogen-bond donors (Lipinski definition) is 2. The summed E-state index contributed by atoms with van der Waals surface area (Å²) < 4.78 is 5.77. The monoisotopic (exact) mass is 302 g/mol. The van der Waals surface area contributed by atoms with E-state index in [4.69, 9.17) is 4.42 Å². The van der Waals surface area contributed by atoms with Crippen LogP contribution in [0.3, 0.4) is 0 Å². The van der Waals surface area contributed by atoms with Crippen LogP contribution in [0.25, 0.3) is 11.0 Å². The predicted molar refractivity (Wildman–Crippen MR) is 84.5 cm³/mol. The molecule has 5 nitrogen and oxygen atoms in total. The molecule has 1 aromatic heterocycles. The Kier molecular flexibility index (Phi) is 4.45. The van der Waals surface area contributed by atoms with E-state index < -0.39 is 0 Å². The summed E-state index contributed by atoms with van der Waals surface area (Å²) in [5, 5.41) is 13.5. The lowest BCUT2D eigenvalue weighted by molar-refractivity contribution is -0.123. The second-order valence-corrected chi connectivity index (χ2v) is 5.98. The van der Waals surface area contributed by atoms with Crippen LogP contribution in [-0.2, 0) is 4.79 Å². The van der Waals surface area contributed by atoms with Gasteiger partial charge in [-0.3, -0.25) is 9.69 Å². The zero-order valence-corrected chi connectivity index (χ0v) is 12.8. The van der Waals surface area contributed by atoms with E-state index in [1.165, 1.54) is 0 Å². The van der Waals surface area contributed by atoms with E-state index in [2.05, 4.69) is 10.2 Å². The summed E-state index contributed by atoms with van der Waals surface area (Å²) in [5.41, 5.74) is 0.837. The lowest BCUT2D eigenvalue weighted by Crippen LogP contribution is -2.43. The van der Waals surface area contributed by atoms with Gasteiger partial charge in [-0.05, 0) is 31.9 Å². The van der Waals surface area contributed by atoms with Gasteiger partial charge < -0.3 is 14.8 Å². The fourth-order valence-electron chi connectivity index (χ4n) is 2.85. The zero-order valence-electron chi connectivity index (χ0n) is 12.8. The fourth-order valence-corrected chi connectivity index (χ4v) is 2.85. The third-order valence-electron chi connectivity index (χ3n) is 4.17. The molecule has 22 heavy (non-hydrogen) atoms. The van der Waals surface area contributed by atoms with Crippen LogP contribution in [0.2, 0.25) is 0 Å². The molecular weight excluding hydrogens is 280 g/mol. The number of piperidine rings is 1. The van der Waals surface area contributed by atoms with Crippen molar-refractivity contribution < 1.29 is 14.3 Å². The normalized spacial score (nSPS) is 18.5. The van der Waals surface area contributed by atoms with E-state index in [1.807, 2.05) is 37.3 Å². The number of carbonyl (C=O) groups excluding carboxylic acids is 1. The molecule has 1 saturated heterocycles. The quantitative estimate of drug-likeness (QED) is 0.907. The van der Waals surface area contributed by atoms with Gasteiger partial charge in [0, 0.05) is 18.5 Å². The molecule has 0 spiro atoms. The van der Waals surface area contributed by atoms with Crippen molar-refractivity contribution in [1.29, 1.82) is 0 Å². The molecule has 1 fully saturated rings. The van der Waals surface area contributed by atoms with Crippen LogP contribution in [-0.4, -0.2) is 41.7 Å². The van der Waals surface area contributed by atoms with E-state index in [9.17, 15) is 9.90 Å². The predicted octanol–water partition coefficient (Wildman–Crippen LogP) is 2.07. The second-order valence-electron chi connectivity index (χ2n) is 5.98. The van der Waals surface area contributed by atoms with Gasteiger partial charge in [-0.15, -0.1) is 0 Å². The molecule has 1 amide bonds. The molecular formula is C17H22N2O3. The molecule has 1 aliphatic heterocycles. The van der Waals surface area contributed by atoms with Gasteiger partial charge in [-0.25, -0.2) is 0 Å². The number of likely N-dealkylation sites (tertiary alicyclic amines) is 1. The highest BCUT2D eigenvalue weighted by molar-refractivity contribution is 5.80. The molecule has 0 aliphatic carbocycles. The van der Waals surface area contributed by atoms with Crippen LogP contribution >= 0.6 is 0 Å². The fraction of sp³-hybridized carbons (Fsp3) is 0.471. The van der Waals surface area contributed by atoms with Crippen molar-refractivity contribution in [3.63, 3.8) is 0 Å². The van der Waals surface area contributed by atoms with Gasteiger partial charge in [0.1, 0.15) is 11.3 Å². The van der Waals surface area contributed by atoms with Crippen LogP contribution in [0, 0.1) is 0 Å². The first kappa shape index (κ1) is 15.1. The number of nitrogens with zero attached hydrogens (tertiary/aromatic N) is 1. The maximum atomic E-state index is 12.1. The summed E-state index contributed by atoms with van der Waals surface area (Å²) in [5.74, 6) is 0.757. The van der Waals surface area contributed by atoms with E-state index in [0.717, 1.165) is 42.7 Å². The molecule has 5 heteroatoms. The number of fused-ring (bicyclic) bond motifs is 1. The minimum absolute atomic E-state index is 0.00986. The van der Waals surface area contributed by atoms with Gasteiger partial charge in [-0.1, -0.05) is 18.2 Å². The Balaban J connectivity index is 1.56. The Labute approximate surface area is 129 Å². The molecule has 2 N–H and O–H groups in total. The van der Waals surface area contributed by atoms with Gasteiger partial charge in [0.15, 0.2) is 0 Å². The Morgan fingerprint density at radius 3 is 2.86 bits per heavy atom. The van der Waals surface area contributed by atoms with E-state index in [1.54, 1.807) is 0 Å². The van der Waals surface area contributed by atoms with Crippen LogP contribution in [0.5, 0.6) is 0 Å². The zero-order chi connectivity index (χ0) is 15.5. The Hall–Kier alpha value is -1.85. The summed E-state index contributed by atoms with van der Waals surface area (Å²) in [6, 6.07) is 9.63. The molecule has 1 aromatic carbocycles. The molecule has 0 radical (unpaired) electrons. The SMILES string of the molecule is CC(NC(=O)CN1CCC(O)CC1)c1cc2ccccc2o1. The number of hydrogen-bond acceptors (Lipinski definition) is 4. The van der Waals surface area contributed by atoms with Crippen molar-refractivity contribution in [3.05, 3.63) is 36.1 Å². The van der Waals surface area contributed by atoms with Gasteiger partial charge in [0.2, 0.25) is 5.91 Å². The first-order valence-electron chi connectivity index (χ1n) is 7.80. The number of aliphatic hydroxyl groups is 1. The summed E-state index contributed by atoms with van der Waals surface area (Å²) in [4.78, 5) is 14.2. The maximum absolute atomic E-state index is 12.1. The number of rotatable bonds is 4. The molecule has 3 rings (SSSR count). The minimum Gasteiger partial charge on any atom is -0.459 e. The number of benzene rings is 1. The van der Waals surface area contributed by atoms with Crippen LogP contribution < -0.4 is 5.32 Å². The Morgan fingerprint density at radius 2 is 2.14 bits per heavy atom. The molecule has 1 aliphatic rings. The number of amides is 1. The van der Waals surface area contributed by atoms with Crippen LogP contribution in [0.1, 0.15) is 31.6 Å². The molecule has 2 aromatic rings. The highest BCUT2D eigenvalue weighted by Gasteiger charge is 2.20.